The van der Waals surface area contributed by atoms with Crippen LogP contribution < -0.4 is 10.4 Å². The van der Waals surface area contributed by atoms with Crippen LogP contribution in [0, 0.1) is 13.8 Å². The van der Waals surface area contributed by atoms with Crippen LogP contribution in [0.4, 0.5) is 0 Å². The van der Waals surface area contributed by atoms with E-state index in [9.17, 15) is 0 Å². The Hall–Kier alpha value is -1.05. The largest absolute Gasteiger partial charge is 0.214 e. The highest BCUT2D eigenvalue weighted by molar-refractivity contribution is 7.33. The molecule has 0 fully saturated rings. The molecule has 0 aliphatic rings. The van der Waals surface area contributed by atoms with Crippen molar-refractivity contribution in [3.05, 3.63) is 59.7 Å². The van der Waals surface area contributed by atoms with Gasteiger partial charge in [-0.15, -0.1) is 0 Å². The van der Waals surface area contributed by atoms with E-state index < -0.39 is 7.38 Å². The Morgan fingerprint density at radius 3 is 2.18 bits per heavy atom. The average molecular weight is 261 g/mol. The molecule has 0 saturated heterocycles. The molecular weight excluding hydrogens is 244 g/mol. The molecule has 0 heterocycles. The van der Waals surface area contributed by atoms with Crippen LogP contribution in [0.15, 0.2) is 48.5 Å². The zero-order chi connectivity index (χ0) is 12.5. The van der Waals surface area contributed by atoms with Crippen LogP contribution in [0.3, 0.4) is 0 Å². The summed E-state index contributed by atoms with van der Waals surface area (Å²) in [7, 11) is -2.05. The summed E-state index contributed by atoms with van der Waals surface area (Å²) in [5.74, 6) is 0. The van der Waals surface area contributed by atoms with E-state index >= 15 is 0 Å². The Kier molecular flexibility index (Phi) is 3.41. The second-order valence-electron chi connectivity index (χ2n) is 4.69. The van der Waals surface area contributed by atoms with Gasteiger partial charge in [-0.25, -0.2) is 0 Å². The van der Waals surface area contributed by atoms with E-state index in [1.165, 1.54) is 21.5 Å². The molecule has 1 atom stereocenters. The summed E-state index contributed by atoms with van der Waals surface area (Å²) in [5, 5.41) is 2.59. The molecule has 0 spiro atoms. The molecule has 0 aromatic heterocycles. The molecule has 0 bridgehead atoms. The molecule has 0 saturated carbocycles. The molecule has 0 aliphatic carbocycles. The predicted octanol–water partition coefficient (Wildman–Crippen LogP) is 3.23. The van der Waals surface area contributed by atoms with Gasteiger partial charge >= 0.3 is 0 Å². The number of hydrogen-bond acceptors (Lipinski definition) is 0. The van der Waals surface area contributed by atoms with Gasteiger partial charge in [0.1, 0.15) is 0 Å². The van der Waals surface area contributed by atoms with Gasteiger partial charge in [-0.2, -0.15) is 11.1 Å². The number of aryl methyl sites for hydroxylation is 2. The summed E-state index contributed by atoms with van der Waals surface area (Å²) < 4.78 is 0. The Bertz CT molecular complexity index is 518. The summed E-state index contributed by atoms with van der Waals surface area (Å²) in [6.45, 7) is 6.47. The number of rotatable bonds is 2. The van der Waals surface area contributed by atoms with Crippen LogP contribution in [0.2, 0.25) is 6.55 Å². The quantitative estimate of drug-likeness (QED) is 0.575. The minimum absolute atomic E-state index is 1.27. The molecule has 2 rings (SSSR count). The first-order chi connectivity index (χ1) is 8.01. The highest BCUT2D eigenvalue weighted by Crippen LogP contribution is 2.13. The monoisotopic (exact) mass is 260 g/mol. The summed E-state index contributed by atoms with van der Waals surface area (Å²) in [5.41, 5.74) is 2.60. The second kappa shape index (κ2) is 4.67. The van der Waals surface area contributed by atoms with Gasteiger partial charge in [-0.1, -0.05) is 59.7 Å². The van der Waals surface area contributed by atoms with Crippen LogP contribution >= 0.6 is 11.1 Å². The lowest BCUT2D eigenvalue weighted by atomic mass is 10.2. The molecule has 0 aliphatic heterocycles. The molecule has 17 heavy (non-hydrogen) atoms. The van der Waals surface area contributed by atoms with E-state index in [2.05, 4.69) is 62.9 Å². The van der Waals surface area contributed by atoms with Gasteiger partial charge in [-0.3, -0.25) is 0 Å². The van der Waals surface area contributed by atoms with E-state index in [1.807, 2.05) is 6.07 Å². The minimum Gasteiger partial charge on any atom is -0.155 e. The van der Waals surface area contributed by atoms with E-state index in [0.717, 1.165) is 0 Å². The fourth-order valence-corrected chi connectivity index (χ4v) is 5.60. The van der Waals surface area contributed by atoms with Gasteiger partial charge < -0.3 is 0 Å². The Labute approximate surface area is 109 Å². The topological polar surface area (TPSA) is 0 Å². The fourth-order valence-electron chi connectivity index (χ4n) is 2.25. The summed E-state index contributed by atoms with van der Waals surface area (Å²) in [6.07, 6.45) is 0. The van der Waals surface area contributed by atoms with E-state index in [0.29, 0.717) is 0 Å². The highest BCUT2D eigenvalue weighted by Gasteiger charge is 2.30. The minimum atomic E-state index is -2.05. The van der Waals surface area contributed by atoms with E-state index in [-0.39, 0.29) is 0 Å². The third-order valence-corrected chi connectivity index (χ3v) is 7.46. The van der Waals surface area contributed by atoms with Gasteiger partial charge in [0.15, 0.2) is 0 Å². The van der Waals surface area contributed by atoms with Gasteiger partial charge in [0, 0.05) is 0 Å². The molecule has 0 amide bonds. The van der Waals surface area contributed by atoms with Crippen molar-refractivity contribution in [1.29, 1.82) is 0 Å². The number of hydrogen-bond donors (Lipinski definition) is 0. The maximum absolute atomic E-state index is 6.88. The van der Waals surface area contributed by atoms with Crippen LogP contribution in [0.5, 0.6) is 0 Å². The van der Waals surface area contributed by atoms with Crippen LogP contribution in [0.1, 0.15) is 11.1 Å². The van der Waals surface area contributed by atoms with Crippen molar-refractivity contribution in [1.82, 2.24) is 0 Å². The van der Waals surface area contributed by atoms with Crippen molar-refractivity contribution in [2.24, 2.45) is 0 Å². The molecule has 1 unspecified atom stereocenters. The van der Waals surface area contributed by atoms with Crippen molar-refractivity contribution in [2.45, 2.75) is 20.4 Å². The van der Waals surface area contributed by atoms with Crippen molar-refractivity contribution in [2.75, 3.05) is 0 Å². The zero-order valence-corrected chi connectivity index (χ0v) is 12.3. The second-order valence-corrected chi connectivity index (χ2v) is 10.1. The zero-order valence-electron chi connectivity index (χ0n) is 10.5. The molecule has 0 nitrogen and oxygen atoms in total. The maximum Gasteiger partial charge on any atom is 0.214 e. The molecule has 2 aromatic carbocycles. The van der Waals surface area contributed by atoms with Crippen molar-refractivity contribution in [3.63, 3.8) is 0 Å². The van der Waals surface area contributed by atoms with Crippen LogP contribution in [0.25, 0.3) is 0 Å². The smallest absolute Gasteiger partial charge is 0.155 e. The fraction of sp³-hybridized carbons (Fsp3) is 0.200. The molecule has 0 radical (unpaired) electrons. The molecule has 88 valence electrons. The van der Waals surface area contributed by atoms with Crippen molar-refractivity contribution < 1.29 is 0 Å². The third kappa shape index (κ3) is 2.45. The van der Waals surface area contributed by atoms with Gasteiger partial charge in [0.2, 0.25) is 7.38 Å². The van der Waals surface area contributed by atoms with Gasteiger partial charge in [0.05, 0.1) is 0 Å². The lowest BCUT2D eigenvalue weighted by molar-refractivity contribution is 1.41. The summed E-state index contributed by atoms with van der Waals surface area (Å²) in [6, 6.07) is 17.0. The average Bonchev–Trinajstić information content (AvgIpc) is 2.29. The van der Waals surface area contributed by atoms with Crippen molar-refractivity contribution in [3.8, 4) is 0 Å². The number of benzene rings is 2. The summed E-state index contributed by atoms with van der Waals surface area (Å²) in [4.78, 5) is 0. The third-order valence-electron chi connectivity index (χ3n) is 3.20. The normalized spacial score (nSPS) is 14.4. The standard InChI is InChI=1S/C15H17ClSi/c1-12-9-10-15(13(2)11-12)17(3,16)14-7-5-4-6-8-14/h4-11H,1-3H3. The first-order valence-corrected chi connectivity index (χ1v) is 9.35. The van der Waals surface area contributed by atoms with Crippen LogP contribution in [-0.2, 0) is 0 Å². The highest BCUT2D eigenvalue weighted by atomic mass is 35.6. The molecule has 2 aromatic rings. The van der Waals surface area contributed by atoms with Gasteiger partial charge in [-0.05, 0) is 30.8 Å². The molecule has 0 N–H and O–H groups in total. The number of halogens is 1. The van der Waals surface area contributed by atoms with Crippen molar-refractivity contribution >= 4 is 28.8 Å². The Balaban J connectivity index is 2.52. The Morgan fingerprint density at radius 2 is 1.59 bits per heavy atom. The summed E-state index contributed by atoms with van der Waals surface area (Å²) >= 11 is 6.88. The first-order valence-electron chi connectivity index (χ1n) is 5.84. The first kappa shape index (κ1) is 12.4. The lowest BCUT2D eigenvalue weighted by Gasteiger charge is -2.22. The molecule has 2 heteroatoms. The van der Waals surface area contributed by atoms with E-state index in [4.69, 9.17) is 11.1 Å². The van der Waals surface area contributed by atoms with Crippen LogP contribution in [-0.4, -0.2) is 7.38 Å². The van der Waals surface area contributed by atoms with Gasteiger partial charge in [0.25, 0.3) is 0 Å². The lowest BCUT2D eigenvalue weighted by Crippen LogP contribution is -2.51. The Morgan fingerprint density at radius 1 is 0.941 bits per heavy atom. The van der Waals surface area contributed by atoms with E-state index in [1.54, 1.807) is 0 Å². The molecular formula is C15H17ClSi. The maximum atomic E-state index is 6.88. The predicted molar refractivity (Wildman–Crippen MR) is 79.1 cm³/mol. The SMILES string of the molecule is Cc1ccc([Si](C)(Cl)c2ccccc2)c(C)c1.